The topological polar surface area (TPSA) is 54.5 Å². The maximum Gasteiger partial charge on any atom is 0.268 e. The Labute approximate surface area is 140 Å². The molecule has 1 amide bonds. The highest BCUT2D eigenvalue weighted by Gasteiger charge is 2.26. The molecular weight excluding hydrogens is 330 g/mol. The van der Waals surface area contributed by atoms with Gasteiger partial charge in [-0.25, -0.2) is 8.42 Å². The Kier molecular flexibility index (Phi) is 4.06. The van der Waals surface area contributed by atoms with Crippen LogP contribution in [0.5, 0.6) is 0 Å². The van der Waals surface area contributed by atoms with Crippen LogP contribution in [0.3, 0.4) is 0 Å². The van der Waals surface area contributed by atoms with Crippen LogP contribution >= 0.6 is 11.3 Å². The number of anilines is 1. The predicted octanol–water partition coefficient (Wildman–Crippen LogP) is 3.36. The van der Waals surface area contributed by atoms with Gasteiger partial charge in [-0.1, -0.05) is 0 Å². The van der Waals surface area contributed by atoms with Crippen molar-refractivity contribution >= 4 is 32.8 Å². The van der Waals surface area contributed by atoms with Crippen LogP contribution in [0.2, 0.25) is 0 Å². The smallest absolute Gasteiger partial charge is 0.268 e. The summed E-state index contributed by atoms with van der Waals surface area (Å²) in [6.45, 7) is 4.69. The van der Waals surface area contributed by atoms with Crippen molar-refractivity contribution in [2.24, 2.45) is 0 Å². The van der Waals surface area contributed by atoms with E-state index in [1.807, 2.05) is 19.9 Å². The largest absolute Gasteiger partial charge is 0.307 e. The Balaban J connectivity index is 2.00. The van der Waals surface area contributed by atoms with E-state index in [1.165, 1.54) is 17.6 Å². The molecular formula is C17H19NO3S2. The van der Waals surface area contributed by atoms with Crippen LogP contribution in [-0.2, 0) is 16.3 Å². The standard InChI is InChI=1S/C17H19NO3S2/c1-11-9-16(22-12(11)2)17(19)18-8-4-5-13-10-14(23(3,20)21)6-7-15(13)18/h6-7,9-10H,4-5,8H2,1-3H3. The van der Waals surface area contributed by atoms with Gasteiger partial charge in [0.25, 0.3) is 5.91 Å². The van der Waals surface area contributed by atoms with Crippen molar-refractivity contribution in [3.63, 3.8) is 0 Å². The summed E-state index contributed by atoms with van der Waals surface area (Å²) in [5, 5.41) is 0. The van der Waals surface area contributed by atoms with Crippen LogP contribution in [0.15, 0.2) is 29.2 Å². The van der Waals surface area contributed by atoms with Crippen molar-refractivity contribution in [1.82, 2.24) is 0 Å². The monoisotopic (exact) mass is 349 g/mol. The number of carbonyl (C=O) groups is 1. The molecule has 0 atom stereocenters. The van der Waals surface area contributed by atoms with E-state index in [-0.39, 0.29) is 5.91 Å². The number of benzene rings is 1. The van der Waals surface area contributed by atoms with Crippen LogP contribution in [0.4, 0.5) is 5.69 Å². The second kappa shape index (κ2) is 5.76. The van der Waals surface area contributed by atoms with Crippen molar-refractivity contribution in [2.75, 3.05) is 17.7 Å². The average molecular weight is 349 g/mol. The van der Waals surface area contributed by atoms with Crippen LogP contribution in [0.25, 0.3) is 0 Å². The van der Waals surface area contributed by atoms with Gasteiger partial charge in [0.1, 0.15) is 0 Å². The first-order chi connectivity index (χ1) is 10.8. The molecule has 1 aliphatic rings. The van der Waals surface area contributed by atoms with Gasteiger partial charge in [-0.2, -0.15) is 0 Å². The second-order valence-corrected chi connectivity index (χ2v) is 9.24. The van der Waals surface area contributed by atoms with Gasteiger partial charge < -0.3 is 4.90 Å². The van der Waals surface area contributed by atoms with E-state index in [0.29, 0.717) is 11.4 Å². The second-order valence-electron chi connectivity index (χ2n) is 5.97. The molecule has 0 bridgehead atoms. The molecule has 0 spiro atoms. The van der Waals surface area contributed by atoms with Gasteiger partial charge >= 0.3 is 0 Å². The predicted molar refractivity (Wildman–Crippen MR) is 93.3 cm³/mol. The van der Waals surface area contributed by atoms with Crippen LogP contribution in [0, 0.1) is 13.8 Å². The molecule has 122 valence electrons. The third-order valence-electron chi connectivity index (χ3n) is 4.22. The fourth-order valence-corrected chi connectivity index (χ4v) is 4.48. The van der Waals surface area contributed by atoms with E-state index < -0.39 is 9.84 Å². The molecule has 1 aromatic heterocycles. The van der Waals surface area contributed by atoms with Gasteiger partial charge in [0.2, 0.25) is 0 Å². The number of hydrogen-bond acceptors (Lipinski definition) is 4. The third kappa shape index (κ3) is 3.05. The Morgan fingerprint density at radius 1 is 1.22 bits per heavy atom. The zero-order valence-electron chi connectivity index (χ0n) is 13.4. The van der Waals surface area contributed by atoms with Gasteiger partial charge in [0.15, 0.2) is 9.84 Å². The highest BCUT2D eigenvalue weighted by atomic mass is 32.2. The Bertz CT molecular complexity index is 862. The zero-order valence-corrected chi connectivity index (χ0v) is 15.1. The van der Waals surface area contributed by atoms with E-state index in [9.17, 15) is 13.2 Å². The van der Waals surface area contributed by atoms with Crippen molar-refractivity contribution in [3.05, 3.63) is 45.1 Å². The van der Waals surface area contributed by atoms with Gasteiger partial charge in [0, 0.05) is 23.4 Å². The first-order valence-corrected chi connectivity index (χ1v) is 10.2. The van der Waals surface area contributed by atoms with Crippen molar-refractivity contribution in [1.29, 1.82) is 0 Å². The fraction of sp³-hybridized carbons (Fsp3) is 0.353. The maximum atomic E-state index is 12.8. The summed E-state index contributed by atoms with van der Waals surface area (Å²) >= 11 is 1.51. The van der Waals surface area contributed by atoms with E-state index in [1.54, 1.807) is 23.1 Å². The van der Waals surface area contributed by atoms with Crippen molar-refractivity contribution in [3.8, 4) is 0 Å². The van der Waals surface area contributed by atoms with E-state index in [0.717, 1.165) is 39.4 Å². The van der Waals surface area contributed by atoms with E-state index >= 15 is 0 Å². The van der Waals surface area contributed by atoms with Crippen molar-refractivity contribution < 1.29 is 13.2 Å². The molecule has 3 rings (SSSR count). The molecule has 4 nitrogen and oxygen atoms in total. The molecule has 6 heteroatoms. The molecule has 0 saturated carbocycles. The minimum absolute atomic E-state index is 0.000689. The normalized spacial score (nSPS) is 14.7. The highest BCUT2D eigenvalue weighted by molar-refractivity contribution is 7.90. The van der Waals surface area contributed by atoms with Crippen LogP contribution in [0.1, 0.15) is 32.1 Å². The lowest BCUT2D eigenvalue weighted by Gasteiger charge is -2.29. The number of hydrogen-bond donors (Lipinski definition) is 0. The first kappa shape index (κ1) is 16.2. The highest BCUT2D eigenvalue weighted by Crippen LogP contribution is 2.32. The summed E-state index contributed by atoms with van der Waals surface area (Å²) in [7, 11) is -3.23. The lowest BCUT2D eigenvalue weighted by molar-refractivity contribution is 0.0989. The minimum atomic E-state index is -3.23. The molecule has 1 aliphatic heterocycles. The number of aryl methyl sites for hydroxylation is 3. The molecule has 0 fully saturated rings. The van der Waals surface area contributed by atoms with Gasteiger partial charge in [0.05, 0.1) is 9.77 Å². The van der Waals surface area contributed by atoms with Crippen molar-refractivity contribution in [2.45, 2.75) is 31.6 Å². The summed E-state index contributed by atoms with van der Waals surface area (Å²) in [6, 6.07) is 6.98. The molecule has 0 unspecified atom stereocenters. The molecule has 1 aromatic carbocycles. The first-order valence-electron chi connectivity index (χ1n) is 7.49. The summed E-state index contributed by atoms with van der Waals surface area (Å²) < 4.78 is 23.4. The Morgan fingerprint density at radius 2 is 1.96 bits per heavy atom. The number of thiophene rings is 1. The minimum Gasteiger partial charge on any atom is -0.307 e. The molecule has 0 aliphatic carbocycles. The Morgan fingerprint density at radius 3 is 2.57 bits per heavy atom. The lowest BCUT2D eigenvalue weighted by atomic mass is 10.0. The zero-order chi connectivity index (χ0) is 16.8. The third-order valence-corrected chi connectivity index (χ3v) is 6.47. The quantitative estimate of drug-likeness (QED) is 0.835. The molecule has 0 N–H and O–H groups in total. The van der Waals surface area contributed by atoms with Crippen LogP contribution in [-0.4, -0.2) is 27.1 Å². The van der Waals surface area contributed by atoms with E-state index in [2.05, 4.69) is 0 Å². The van der Waals surface area contributed by atoms with Gasteiger partial charge in [-0.3, -0.25) is 4.79 Å². The molecule has 0 saturated heterocycles. The summed E-state index contributed by atoms with van der Waals surface area (Å²) in [4.78, 5) is 16.8. The SMILES string of the molecule is Cc1cc(C(=O)N2CCCc3cc(S(C)(=O)=O)ccc32)sc1C. The van der Waals surface area contributed by atoms with Gasteiger partial charge in [-0.15, -0.1) is 11.3 Å². The molecule has 0 radical (unpaired) electrons. The number of carbonyl (C=O) groups excluding carboxylic acids is 1. The molecule has 23 heavy (non-hydrogen) atoms. The fourth-order valence-electron chi connectivity index (χ4n) is 2.83. The number of amides is 1. The van der Waals surface area contributed by atoms with Gasteiger partial charge in [-0.05, 0) is 62.1 Å². The maximum absolute atomic E-state index is 12.8. The molecule has 2 aromatic rings. The Hall–Kier alpha value is -1.66. The summed E-state index contributed by atoms with van der Waals surface area (Å²) in [5.41, 5.74) is 2.89. The summed E-state index contributed by atoms with van der Waals surface area (Å²) in [5.74, 6) is -0.000689. The number of nitrogens with zero attached hydrogens (tertiary/aromatic N) is 1. The lowest BCUT2D eigenvalue weighted by Crippen LogP contribution is -2.35. The van der Waals surface area contributed by atoms with Crippen LogP contribution < -0.4 is 4.90 Å². The number of sulfone groups is 1. The number of rotatable bonds is 2. The average Bonchev–Trinajstić information content (AvgIpc) is 2.84. The van der Waals surface area contributed by atoms with E-state index in [4.69, 9.17) is 0 Å². The number of fused-ring (bicyclic) bond motifs is 1. The molecule has 2 heterocycles. The summed E-state index contributed by atoms with van der Waals surface area (Å²) in [6.07, 6.45) is 2.85.